The van der Waals surface area contributed by atoms with Crippen LogP contribution in [0.4, 0.5) is 5.69 Å². The van der Waals surface area contributed by atoms with Crippen molar-refractivity contribution in [2.24, 2.45) is 0 Å². The van der Waals surface area contributed by atoms with Crippen LogP contribution in [-0.2, 0) is 0 Å². The molecule has 0 spiro atoms. The van der Waals surface area contributed by atoms with E-state index in [1.54, 1.807) is 0 Å². The molecule has 0 saturated heterocycles. The number of anilines is 1. The van der Waals surface area contributed by atoms with Gasteiger partial charge in [0.1, 0.15) is 0 Å². The van der Waals surface area contributed by atoms with Gasteiger partial charge in [-0.15, -0.1) is 0 Å². The predicted molar refractivity (Wildman–Crippen MR) is 82.4 cm³/mol. The smallest absolute Gasteiger partial charge is 0.0500 e. The van der Waals surface area contributed by atoms with Crippen molar-refractivity contribution in [3.05, 3.63) is 63.1 Å². The van der Waals surface area contributed by atoms with Crippen LogP contribution in [0, 0.1) is 6.92 Å². The second-order valence-electron chi connectivity index (χ2n) is 4.37. The molecule has 0 bridgehead atoms. The zero-order valence-corrected chi connectivity index (χ0v) is 12.7. The molecule has 0 aromatic heterocycles. The molecule has 2 aromatic carbocycles. The Bertz CT molecular complexity index is 554. The van der Waals surface area contributed by atoms with Crippen molar-refractivity contribution < 1.29 is 0 Å². The second kappa shape index (κ2) is 5.77. The van der Waals surface area contributed by atoms with Gasteiger partial charge in [-0.2, -0.15) is 0 Å². The zero-order valence-electron chi connectivity index (χ0n) is 10.4. The number of hydrogen-bond acceptors (Lipinski definition) is 1. The van der Waals surface area contributed by atoms with E-state index in [9.17, 15) is 0 Å². The van der Waals surface area contributed by atoms with Gasteiger partial charge in [-0.1, -0.05) is 35.9 Å². The van der Waals surface area contributed by atoms with Crippen molar-refractivity contribution in [2.45, 2.75) is 19.9 Å². The Kier molecular flexibility index (Phi) is 4.31. The molecule has 3 heteroatoms. The molecule has 0 amide bonds. The van der Waals surface area contributed by atoms with Crippen LogP contribution in [0.15, 0.2) is 46.9 Å². The summed E-state index contributed by atoms with van der Waals surface area (Å²) in [6.07, 6.45) is 0. The minimum atomic E-state index is 0.165. The van der Waals surface area contributed by atoms with Crippen LogP contribution >= 0.6 is 27.5 Å². The molecule has 2 aromatic rings. The van der Waals surface area contributed by atoms with Crippen molar-refractivity contribution >= 4 is 33.2 Å². The first-order valence-electron chi connectivity index (χ1n) is 5.85. The lowest BCUT2D eigenvalue weighted by atomic mass is 10.1. The van der Waals surface area contributed by atoms with Gasteiger partial charge in [-0.05, 0) is 59.1 Å². The largest absolute Gasteiger partial charge is 0.378 e. The number of hydrogen-bond donors (Lipinski definition) is 1. The van der Waals surface area contributed by atoms with Crippen LogP contribution in [0.5, 0.6) is 0 Å². The summed E-state index contributed by atoms with van der Waals surface area (Å²) >= 11 is 9.77. The molecular formula is C15H15BrClN. The molecule has 0 aliphatic rings. The van der Waals surface area contributed by atoms with Crippen molar-refractivity contribution in [3.8, 4) is 0 Å². The van der Waals surface area contributed by atoms with Gasteiger partial charge in [0.15, 0.2) is 0 Å². The normalized spacial score (nSPS) is 12.2. The van der Waals surface area contributed by atoms with Gasteiger partial charge in [-0.3, -0.25) is 0 Å². The maximum Gasteiger partial charge on any atom is 0.0500 e. The zero-order chi connectivity index (χ0) is 13.1. The molecule has 1 atom stereocenters. The molecule has 18 heavy (non-hydrogen) atoms. The van der Waals surface area contributed by atoms with Crippen LogP contribution in [0.1, 0.15) is 24.1 Å². The minimum absolute atomic E-state index is 0.165. The fourth-order valence-electron chi connectivity index (χ4n) is 1.87. The summed E-state index contributed by atoms with van der Waals surface area (Å²) in [5.41, 5.74) is 3.41. The average molecular weight is 325 g/mol. The van der Waals surface area contributed by atoms with Crippen LogP contribution < -0.4 is 5.32 Å². The van der Waals surface area contributed by atoms with E-state index >= 15 is 0 Å². The molecule has 0 heterocycles. The summed E-state index contributed by atoms with van der Waals surface area (Å²) < 4.78 is 1.07. The predicted octanol–water partition coefficient (Wildman–Crippen LogP) is 5.58. The molecule has 0 aliphatic heterocycles. The standard InChI is InChI=1S/C15H15BrClN/c1-10-7-8-15(13(16)9-10)18-11(2)12-5-3-4-6-14(12)17/h3-9,11,18H,1-2H3. The molecule has 1 unspecified atom stereocenters. The van der Waals surface area contributed by atoms with Crippen molar-refractivity contribution in [1.29, 1.82) is 0 Å². The third-order valence-corrected chi connectivity index (χ3v) is 3.87. The Morgan fingerprint density at radius 1 is 1.17 bits per heavy atom. The minimum Gasteiger partial charge on any atom is -0.378 e. The summed E-state index contributed by atoms with van der Waals surface area (Å²) in [6.45, 7) is 4.18. The molecule has 0 aliphatic carbocycles. The van der Waals surface area contributed by atoms with E-state index in [0.29, 0.717) is 0 Å². The molecule has 1 N–H and O–H groups in total. The maximum absolute atomic E-state index is 6.20. The summed E-state index contributed by atoms with van der Waals surface area (Å²) in [4.78, 5) is 0. The quantitative estimate of drug-likeness (QED) is 0.776. The highest BCUT2D eigenvalue weighted by atomic mass is 79.9. The lowest BCUT2D eigenvalue weighted by molar-refractivity contribution is 0.884. The van der Waals surface area contributed by atoms with Gasteiger partial charge in [-0.25, -0.2) is 0 Å². The summed E-state index contributed by atoms with van der Waals surface area (Å²) in [7, 11) is 0. The number of halogens is 2. The first kappa shape index (κ1) is 13.4. The van der Waals surface area contributed by atoms with Crippen molar-refractivity contribution in [2.75, 3.05) is 5.32 Å². The third kappa shape index (κ3) is 3.06. The summed E-state index contributed by atoms with van der Waals surface area (Å²) in [5, 5.41) is 4.26. The van der Waals surface area contributed by atoms with E-state index in [-0.39, 0.29) is 6.04 Å². The van der Waals surface area contributed by atoms with Gasteiger partial charge >= 0.3 is 0 Å². The highest BCUT2D eigenvalue weighted by Gasteiger charge is 2.10. The van der Waals surface area contributed by atoms with Crippen molar-refractivity contribution in [3.63, 3.8) is 0 Å². The maximum atomic E-state index is 6.20. The molecule has 0 radical (unpaired) electrons. The topological polar surface area (TPSA) is 12.0 Å². The molecule has 0 saturated carbocycles. The lowest BCUT2D eigenvalue weighted by Crippen LogP contribution is -2.07. The number of nitrogens with one attached hydrogen (secondary N) is 1. The van der Waals surface area contributed by atoms with Gasteiger partial charge < -0.3 is 5.32 Å². The van der Waals surface area contributed by atoms with E-state index in [2.05, 4.69) is 53.3 Å². The fraction of sp³-hybridized carbons (Fsp3) is 0.200. The van der Waals surface area contributed by atoms with Crippen molar-refractivity contribution in [1.82, 2.24) is 0 Å². The number of rotatable bonds is 3. The number of aryl methyl sites for hydroxylation is 1. The van der Waals surface area contributed by atoms with Crippen LogP contribution in [0.3, 0.4) is 0 Å². The molecule has 1 nitrogen and oxygen atoms in total. The van der Waals surface area contributed by atoms with E-state index in [0.717, 1.165) is 20.7 Å². The molecular weight excluding hydrogens is 310 g/mol. The molecule has 94 valence electrons. The van der Waals surface area contributed by atoms with E-state index in [4.69, 9.17) is 11.6 Å². The van der Waals surface area contributed by atoms with E-state index in [1.807, 2.05) is 24.3 Å². The second-order valence-corrected chi connectivity index (χ2v) is 5.63. The Hall–Kier alpha value is -0.990. The highest BCUT2D eigenvalue weighted by molar-refractivity contribution is 9.10. The lowest BCUT2D eigenvalue weighted by Gasteiger charge is -2.18. The number of benzene rings is 2. The fourth-order valence-corrected chi connectivity index (χ4v) is 2.78. The first-order chi connectivity index (χ1) is 8.58. The van der Waals surface area contributed by atoms with Gasteiger partial charge in [0.05, 0.1) is 6.04 Å². The average Bonchev–Trinajstić information content (AvgIpc) is 2.33. The monoisotopic (exact) mass is 323 g/mol. The first-order valence-corrected chi connectivity index (χ1v) is 7.02. The van der Waals surface area contributed by atoms with E-state index < -0.39 is 0 Å². The molecule has 2 rings (SSSR count). The van der Waals surface area contributed by atoms with Crippen LogP contribution in [0.2, 0.25) is 5.02 Å². The third-order valence-electron chi connectivity index (χ3n) is 2.87. The van der Waals surface area contributed by atoms with Crippen LogP contribution in [0.25, 0.3) is 0 Å². The Balaban J connectivity index is 2.21. The highest BCUT2D eigenvalue weighted by Crippen LogP contribution is 2.29. The summed E-state index contributed by atoms with van der Waals surface area (Å²) in [5.74, 6) is 0. The molecule has 0 fully saturated rings. The summed E-state index contributed by atoms with van der Waals surface area (Å²) in [6, 6.07) is 14.3. The van der Waals surface area contributed by atoms with Crippen LogP contribution in [-0.4, -0.2) is 0 Å². The van der Waals surface area contributed by atoms with Gasteiger partial charge in [0, 0.05) is 15.2 Å². The SMILES string of the molecule is Cc1ccc(NC(C)c2ccccc2Cl)c(Br)c1. The Morgan fingerprint density at radius 2 is 1.89 bits per heavy atom. The van der Waals surface area contributed by atoms with E-state index in [1.165, 1.54) is 5.56 Å². The Labute approximate surface area is 121 Å². The van der Waals surface area contributed by atoms with Gasteiger partial charge in [0.2, 0.25) is 0 Å². The van der Waals surface area contributed by atoms with Gasteiger partial charge in [0.25, 0.3) is 0 Å². The Morgan fingerprint density at radius 3 is 2.56 bits per heavy atom.